The molecule has 0 unspecified atom stereocenters. The molecule has 7 heteroatoms. The summed E-state index contributed by atoms with van der Waals surface area (Å²) in [6, 6.07) is 11.1. The lowest BCUT2D eigenvalue weighted by Gasteiger charge is -2.14. The zero-order chi connectivity index (χ0) is 20.3. The minimum Gasteiger partial charge on any atom is -0.493 e. The minimum absolute atomic E-state index is 0.252. The van der Waals surface area contributed by atoms with E-state index < -0.39 is 0 Å². The van der Waals surface area contributed by atoms with Gasteiger partial charge in [-0.2, -0.15) is 0 Å². The van der Waals surface area contributed by atoms with Crippen LogP contribution in [0.4, 0.5) is 4.79 Å². The number of amides is 2. The average molecular weight is 418 g/mol. The summed E-state index contributed by atoms with van der Waals surface area (Å²) in [7, 11) is 1.52. The predicted molar refractivity (Wildman–Crippen MR) is 112 cm³/mol. The van der Waals surface area contributed by atoms with Crippen molar-refractivity contribution in [2.45, 2.75) is 20.4 Å². The SMILES string of the molecule is CCOc1c(Cl)cc(/C=C2\SC(=O)N(Cc3ccccc3C)C2=O)cc1OC. The summed E-state index contributed by atoms with van der Waals surface area (Å²) in [6.45, 7) is 4.52. The number of thioether (sulfide) groups is 1. The van der Waals surface area contributed by atoms with Gasteiger partial charge in [0.25, 0.3) is 11.1 Å². The van der Waals surface area contributed by atoms with Gasteiger partial charge in [0.15, 0.2) is 11.5 Å². The van der Waals surface area contributed by atoms with Gasteiger partial charge >= 0.3 is 0 Å². The number of hydrogen-bond acceptors (Lipinski definition) is 5. The molecular weight excluding hydrogens is 398 g/mol. The standard InChI is InChI=1S/C21H20ClNO4S/c1-4-27-19-16(22)9-14(10-17(19)26-3)11-18-20(24)23(21(25)28-18)12-15-8-6-5-7-13(15)2/h5-11H,4,12H2,1-3H3/b18-11-. The Morgan fingerprint density at radius 1 is 1.21 bits per heavy atom. The first-order chi connectivity index (χ1) is 13.4. The molecule has 0 N–H and O–H groups in total. The summed E-state index contributed by atoms with van der Waals surface area (Å²) < 4.78 is 10.8. The van der Waals surface area contributed by atoms with Crippen molar-refractivity contribution in [2.24, 2.45) is 0 Å². The first-order valence-corrected chi connectivity index (χ1v) is 9.94. The molecule has 0 aliphatic carbocycles. The fourth-order valence-corrected chi connectivity index (χ4v) is 3.96. The third kappa shape index (κ3) is 4.18. The van der Waals surface area contributed by atoms with E-state index in [2.05, 4.69) is 0 Å². The smallest absolute Gasteiger partial charge is 0.293 e. The summed E-state index contributed by atoms with van der Waals surface area (Å²) in [5, 5.41) is 0.0927. The van der Waals surface area contributed by atoms with Crippen molar-refractivity contribution < 1.29 is 19.1 Å². The zero-order valence-corrected chi connectivity index (χ0v) is 17.4. The van der Waals surface area contributed by atoms with E-state index in [1.807, 2.05) is 38.1 Å². The van der Waals surface area contributed by atoms with Gasteiger partial charge in [0.2, 0.25) is 0 Å². The lowest BCUT2D eigenvalue weighted by molar-refractivity contribution is -0.123. The maximum Gasteiger partial charge on any atom is 0.293 e. The summed E-state index contributed by atoms with van der Waals surface area (Å²) >= 11 is 7.21. The number of carbonyl (C=O) groups excluding carboxylic acids is 2. The number of carbonyl (C=O) groups is 2. The van der Waals surface area contributed by atoms with Crippen LogP contribution in [0.1, 0.15) is 23.6 Å². The van der Waals surface area contributed by atoms with Crippen LogP contribution < -0.4 is 9.47 Å². The van der Waals surface area contributed by atoms with Gasteiger partial charge in [-0.1, -0.05) is 35.9 Å². The molecule has 0 spiro atoms. The molecule has 1 saturated heterocycles. The number of rotatable bonds is 6. The Labute approximate surface area is 173 Å². The highest BCUT2D eigenvalue weighted by Crippen LogP contribution is 2.39. The molecule has 1 aliphatic rings. The van der Waals surface area contributed by atoms with Crippen LogP contribution in [-0.4, -0.2) is 29.8 Å². The second-order valence-corrected chi connectivity index (χ2v) is 7.56. The van der Waals surface area contributed by atoms with Crippen LogP contribution in [-0.2, 0) is 11.3 Å². The van der Waals surface area contributed by atoms with Gasteiger partial charge < -0.3 is 9.47 Å². The van der Waals surface area contributed by atoms with Crippen LogP contribution >= 0.6 is 23.4 Å². The van der Waals surface area contributed by atoms with E-state index in [1.165, 1.54) is 12.0 Å². The summed E-state index contributed by atoms with van der Waals surface area (Å²) in [5.74, 6) is 0.610. The summed E-state index contributed by atoms with van der Waals surface area (Å²) in [5.41, 5.74) is 2.64. The van der Waals surface area contributed by atoms with E-state index in [4.69, 9.17) is 21.1 Å². The molecular formula is C21H20ClNO4S. The quantitative estimate of drug-likeness (QED) is 0.597. The number of nitrogens with zero attached hydrogens (tertiary/aromatic N) is 1. The van der Waals surface area contributed by atoms with Crippen LogP contribution in [0.2, 0.25) is 5.02 Å². The molecule has 2 aromatic rings. The highest BCUT2D eigenvalue weighted by atomic mass is 35.5. The first kappa shape index (κ1) is 20.3. The highest BCUT2D eigenvalue weighted by Gasteiger charge is 2.35. The lowest BCUT2D eigenvalue weighted by atomic mass is 10.1. The van der Waals surface area contributed by atoms with Crippen molar-refractivity contribution in [3.05, 3.63) is 63.0 Å². The third-order valence-corrected chi connectivity index (χ3v) is 5.49. The lowest BCUT2D eigenvalue weighted by Crippen LogP contribution is -2.27. The first-order valence-electron chi connectivity index (χ1n) is 8.74. The fraction of sp³-hybridized carbons (Fsp3) is 0.238. The van der Waals surface area contributed by atoms with Gasteiger partial charge in [-0.25, -0.2) is 0 Å². The van der Waals surface area contributed by atoms with Crippen LogP contribution in [0.5, 0.6) is 11.5 Å². The Hall–Kier alpha value is -2.44. The molecule has 5 nitrogen and oxygen atoms in total. The molecule has 0 atom stereocenters. The summed E-state index contributed by atoms with van der Waals surface area (Å²) in [6.07, 6.45) is 1.65. The van der Waals surface area contributed by atoms with Crippen LogP contribution in [0.25, 0.3) is 6.08 Å². The number of benzene rings is 2. The van der Waals surface area contributed by atoms with Crippen molar-refractivity contribution in [2.75, 3.05) is 13.7 Å². The maximum atomic E-state index is 12.8. The molecule has 2 aromatic carbocycles. The third-order valence-electron chi connectivity index (χ3n) is 4.30. The molecule has 2 amide bonds. The van der Waals surface area contributed by atoms with E-state index >= 15 is 0 Å². The largest absolute Gasteiger partial charge is 0.493 e. The van der Waals surface area contributed by atoms with Gasteiger partial charge in [0.1, 0.15) is 0 Å². The van der Waals surface area contributed by atoms with Gasteiger partial charge in [-0.3, -0.25) is 14.5 Å². The van der Waals surface area contributed by atoms with Crippen molar-refractivity contribution in [3.63, 3.8) is 0 Å². The molecule has 1 fully saturated rings. The van der Waals surface area contributed by atoms with E-state index in [-0.39, 0.29) is 17.7 Å². The number of ether oxygens (including phenoxy) is 2. The molecule has 0 bridgehead atoms. The molecule has 1 heterocycles. The number of methoxy groups -OCH3 is 1. The topological polar surface area (TPSA) is 55.8 Å². The maximum absolute atomic E-state index is 12.8. The van der Waals surface area contributed by atoms with Crippen molar-refractivity contribution in [1.82, 2.24) is 4.90 Å². The number of imide groups is 1. The predicted octanol–water partition coefficient (Wildman–Crippen LogP) is 5.29. The Morgan fingerprint density at radius 3 is 2.64 bits per heavy atom. The van der Waals surface area contributed by atoms with Crippen LogP contribution in [0, 0.1) is 6.92 Å². The second kappa shape index (κ2) is 8.71. The second-order valence-electron chi connectivity index (χ2n) is 6.16. The monoisotopic (exact) mass is 417 g/mol. The van der Waals surface area contributed by atoms with Gasteiger partial charge in [-0.05, 0) is 60.5 Å². The Kier molecular flexibility index (Phi) is 6.31. The molecule has 0 saturated carbocycles. The number of aryl methyl sites for hydroxylation is 1. The normalized spacial score (nSPS) is 15.4. The summed E-state index contributed by atoms with van der Waals surface area (Å²) in [4.78, 5) is 26.8. The Bertz CT molecular complexity index is 957. The zero-order valence-electron chi connectivity index (χ0n) is 15.8. The molecule has 3 rings (SSSR count). The van der Waals surface area contributed by atoms with Crippen molar-refractivity contribution >= 4 is 40.6 Å². The highest BCUT2D eigenvalue weighted by molar-refractivity contribution is 8.18. The number of halogens is 1. The van der Waals surface area contributed by atoms with E-state index in [1.54, 1.807) is 18.2 Å². The van der Waals surface area contributed by atoms with Crippen molar-refractivity contribution in [1.29, 1.82) is 0 Å². The molecule has 146 valence electrons. The molecule has 0 aromatic heterocycles. The van der Waals surface area contributed by atoms with Crippen LogP contribution in [0.3, 0.4) is 0 Å². The minimum atomic E-state index is -0.317. The molecule has 1 aliphatic heterocycles. The van der Waals surface area contributed by atoms with Gasteiger partial charge in [-0.15, -0.1) is 0 Å². The van der Waals surface area contributed by atoms with Crippen molar-refractivity contribution in [3.8, 4) is 11.5 Å². The number of hydrogen-bond donors (Lipinski definition) is 0. The Morgan fingerprint density at radius 2 is 1.96 bits per heavy atom. The van der Waals surface area contributed by atoms with E-state index in [0.717, 1.165) is 22.9 Å². The van der Waals surface area contributed by atoms with Gasteiger partial charge in [0, 0.05) is 0 Å². The van der Waals surface area contributed by atoms with Gasteiger partial charge in [0.05, 0.1) is 30.2 Å². The fourth-order valence-electron chi connectivity index (χ4n) is 2.85. The molecule has 28 heavy (non-hydrogen) atoms. The van der Waals surface area contributed by atoms with Crippen LogP contribution in [0.15, 0.2) is 41.3 Å². The van der Waals surface area contributed by atoms with E-state index in [0.29, 0.717) is 33.6 Å². The average Bonchev–Trinajstić information content (AvgIpc) is 2.92. The van der Waals surface area contributed by atoms with E-state index in [9.17, 15) is 9.59 Å². The Balaban J connectivity index is 1.87. The molecule has 0 radical (unpaired) electrons.